The second-order valence-electron chi connectivity index (χ2n) is 11.0. The summed E-state index contributed by atoms with van der Waals surface area (Å²) in [6.07, 6.45) is 6.36. The molecule has 7 rings (SSSR count). The first kappa shape index (κ1) is 21.3. The third-order valence-corrected chi connectivity index (χ3v) is 9.36. The van der Waals surface area contributed by atoms with E-state index in [-0.39, 0.29) is 23.7 Å². The summed E-state index contributed by atoms with van der Waals surface area (Å²) in [4.78, 5) is 17.3. The summed E-state index contributed by atoms with van der Waals surface area (Å²) >= 11 is 0. The average molecular weight is 475 g/mol. The summed E-state index contributed by atoms with van der Waals surface area (Å²) in [6, 6.07) is 6.93. The third-order valence-electron chi connectivity index (χ3n) is 9.36. The number of furan rings is 1. The first-order valence-electron chi connectivity index (χ1n) is 12.7. The van der Waals surface area contributed by atoms with Gasteiger partial charge in [0, 0.05) is 31.1 Å². The van der Waals surface area contributed by atoms with E-state index in [0.29, 0.717) is 24.4 Å². The summed E-state index contributed by atoms with van der Waals surface area (Å²) in [6.45, 7) is 1.93. The second-order valence-corrected chi connectivity index (χ2v) is 11.0. The lowest BCUT2D eigenvalue weighted by atomic mass is 9.48. The van der Waals surface area contributed by atoms with E-state index in [4.69, 9.17) is 9.15 Å². The van der Waals surface area contributed by atoms with Gasteiger partial charge in [0.1, 0.15) is 6.10 Å². The minimum absolute atomic E-state index is 0.0200. The van der Waals surface area contributed by atoms with Gasteiger partial charge in [0.15, 0.2) is 17.3 Å². The van der Waals surface area contributed by atoms with Crippen LogP contribution in [0, 0.1) is 17.8 Å². The summed E-state index contributed by atoms with van der Waals surface area (Å²) in [5, 5.41) is 23.3. The van der Waals surface area contributed by atoms with Gasteiger partial charge in [-0.15, -0.1) is 0 Å². The topological polar surface area (TPSA) is 86.4 Å². The van der Waals surface area contributed by atoms with Gasteiger partial charge in [0.05, 0.1) is 23.3 Å². The lowest BCUT2D eigenvalue weighted by Crippen LogP contribution is -2.78. The molecule has 7 heteroatoms. The summed E-state index contributed by atoms with van der Waals surface area (Å²) in [5.74, 6) is 6.97. The number of phenols is 1. The highest BCUT2D eigenvalue weighted by molar-refractivity contribution is 5.94. The number of rotatable bonds is 3. The van der Waals surface area contributed by atoms with Crippen molar-refractivity contribution in [3.8, 4) is 23.3 Å². The first-order chi connectivity index (χ1) is 16.9. The molecule has 5 atom stereocenters. The number of carbonyl (C=O) groups is 1. The van der Waals surface area contributed by atoms with Gasteiger partial charge in [-0.2, -0.15) is 0 Å². The van der Waals surface area contributed by atoms with Crippen molar-refractivity contribution in [3.05, 3.63) is 47.4 Å². The second kappa shape index (κ2) is 7.28. The first-order valence-corrected chi connectivity index (χ1v) is 12.7. The van der Waals surface area contributed by atoms with Crippen LogP contribution < -0.4 is 4.74 Å². The molecule has 3 fully saturated rings. The smallest absolute Gasteiger partial charge is 0.299 e. The SMILES string of the molecule is CN(C(=O)C#Cc1ccco1)[C@@H]1CC[C@@]2(O)[C@@H]3Cc4ccc(O)c5c4[C@@]2(CCN3CC2CC2)[C@H]1O5. The Hall–Kier alpha value is -2.95. The van der Waals surface area contributed by atoms with Crippen molar-refractivity contribution in [1.82, 2.24) is 9.80 Å². The lowest BCUT2D eigenvalue weighted by Gasteiger charge is -2.64. The molecule has 0 radical (unpaired) electrons. The Morgan fingerprint density at radius 2 is 2.11 bits per heavy atom. The number of piperidine rings is 1. The molecule has 1 aromatic carbocycles. The van der Waals surface area contributed by atoms with Gasteiger partial charge < -0.3 is 24.3 Å². The van der Waals surface area contributed by atoms with Crippen LogP contribution in [0.25, 0.3) is 0 Å². The fraction of sp³-hybridized carbons (Fsp3) is 0.536. The van der Waals surface area contributed by atoms with Crippen molar-refractivity contribution in [2.45, 2.75) is 67.7 Å². The minimum Gasteiger partial charge on any atom is -0.504 e. The van der Waals surface area contributed by atoms with Gasteiger partial charge in [-0.3, -0.25) is 9.69 Å². The predicted octanol–water partition coefficient (Wildman–Crippen LogP) is 2.43. The monoisotopic (exact) mass is 474 g/mol. The van der Waals surface area contributed by atoms with E-state index in [0.717, 1.165) is 43.0 Å². The molecule has 1 saturated heterocycles. The molecular weight excluding hydrogens is 444 g/mol. The van der Waals surface area contributed by atoms with Crippen LogP contribution in [0.15, 0.2) is 34.9 Å². The molecule has 0 unspecified atom stereocenters. The Morgan fingerprint density at radius 3 is 2.89 bits per heavy atom. The minimum atomic E-state index is -0.961. The molecule has 3 heterocycles. The van der Waals surface area contributed by atoms with Gasteiger partial charge >= 0.3 is 0 Å². The molecule has 182 valence electrons. The Kier molecular flexibility index (Phi) is 4.44. The number of hydrogen-bond acceptors (Lipinski definition) is 6. The number of aromatic hydroxyl groups is 1. The van der Waals surface area contributed by atoms with E-state index in [1.54, 1.807) is 30.1 Å². The van der Waals surface area contributed by atoms with E-state index in [1.165, 1.54) is 19.1 Å². The van der Waals surface area contributed by atoms with Gasteiger partial charge in [0.2, 0.25) is 0 Å². The summed E-state index contributed by atoms with van der Waals surface area (Å²) < 4.78 is 11.8. The molecule has 7 nitrogen and oxygen atoms in total. The molecule has 5 aliphatic rings. The van der Waals surface area contributed by atoms with Crippen LogP contribution >= 0.6 is 0 Å². The normalized spacial score (nSPS) is 34.4. The number of benzene rings is 1. The number of aliphatic hydroxyl groups is 1. The molecule has 1 aromatic heterocycles. The molecule has 2 N–H and O–H groups in total. The molecule has 2 aromatic rings. The van der Waals surface area contributed by atoms with E-state index < -0.39 is 17.1 Å². The Balaban J connectivity index is 1.29. The highest BCUT2D eigenvalue weighted by Gasteiger charge is 2.73. The van der Waals surface area contributed by atoms with Crippen molar-refractivity contribution in [2.75, 3.05) is 20.1 Å². The fourth-order valence-electron chi connectivity index (χ4n) is 7.56. The van der Waals surface area contributed by atoms with Crippen molar-refractivity contribution in [3.63, 3.8) is 0 Å². The molecule has 1 spiro atoms. The number of amides is 1. The van der Waals surface area contributed by atoms with Crippen molar-refractivity contribution in [2.24, 2.45) is 5.92 Å². The number of hydrogen-bond donors (Lipinski definition) is 2. The molecule has 2 aliphatic heterocycles. The quantitative estimate of drug-likeness (QED) is 0.665. The highest BCUT2D eigenvalue weighted by atomic mass is 16.5. The fourth-order valence-corrected chi connectivity index (χ4v) is 7.56. The van der Waals surface area contributed by atoms with E-state index in [2.05, 4.69) is 16.7 Å². The number of nitrogens with zero attached hydrogens (tertiary/aromatic N) is 2. The average Bonchev–Trinajstić information content (AvgIpc) is 3.36. The molecule has 3 aliphatic carbocycles. The zero-order valence-electron chi connectivity index (χ0n) is 19.9. The zero-order valence-corrected chi connectivity index (χ0v) is 19.9. The van der Waals surface area contributed by atoms with Gasteiger partial charge in [-0.1, -0.05) is 6.07 Å². The Labute approximate surface area is 204 Å². The largest absolute Gasteiger partial charge is 0.504 e. The van der Waals surface area contributed by atoms with Crippen LogP contribution in [0.4, 0.5) is 0 Å². The Bertz CT molecular complexity index is 1260. The summed E-state index contributed by atoms with van der Waals surface area (Å²) in [5.41, 5.74) is 0.518. The summed E-state index contributed by atoms with van der Waals surface area (Å²) in [7, 11) is 1.76. The van der Waals surface area contributed by atoms with Gasteiger partial charge in [-0.25, -0.2) is 0 Å². The van der Waals surface area contributed by atoms with Crippen LogP contribution in [0.2, 0.25) is 0 Å². The number of likely N-dealkylation sites (tertiary alicyclic amines) is 1. The number of phenolic OH excluding ortho intramolecular Hbond substituents is 1. The van der Waals surface area contributed by atoms with Crippen LogP contribution in [-0.2, 0) is 16.6 Å². The number of likely N-dealkylation sites (N-methyl/N-ethyl adjacent to an activating group) is 1. The standard InChI is InChI=1S/C28H30N2O5/c1-29(23(32)9-7-19-3-2-14-34-19)20-10-11-28(33)22-15-18-6-8-21(31)25-24(18)27(28,26(20)35-25)12-13-30(22)16-17-4-5-17/h2-3,6,8,14,17,20,22,26,31,33H,4-5,10-13,15-16H2,1H3/t20-,22+,26+,27+,28-/m1/s1. The van der Waals surface area contributed by atoms with Crippen molar-refractivity contribution >= 4 is 5.91 Å². The van der Waals surface area contributed by atoms with E-state index in [1.807, 2.05) is 6.07 Å². The Morgan fingerprint density at radius 1 is 1.26 bits per heavy atom. The maximum atomic E-state index is 13.1. The predicted molar refractivity (Wildman–Crippen MR) is 127 cm³/mol. The molecule has 2 saturated carbocycles. The maximum absolute atomic E-state index is 13.1. The van der Waals surface area contributed by atoms with E-state index in [9.17, 15) is 15.0 Å². The molecule has 2 bridgehead atoms. The van der Waals surface area contributed by atoms with Crippen LogP contribution in [-0.4, -0.2) is 69.8 Å². The van der Waals surface area contributed by atoms with Gasteiger partial charge in [-0.05, 0) is 80.7 Å². The zero-order chi connectivity index (χ0) is 23.9. The van der Waals surface area contributed by atoms with Crippen LogP contribution in [0.3, 0.4) is 0 Å². The molecule has 35 heavy (non-hydrogen) atoms. The number of ether oxygens (including phenoxy) is 1. The van der Waals surface area contributed by atoms with Crippen molar-refractivity contribution in [1.29, 1.82) is 0 Å². The van der Waals surface area contributed by atoms with Crippen LogP contribution in [0.1, 0.15) is 49.0 Å². The van der Waals surface area contributed by atoms with E-state index >= 15 is 0 Å². The van der Waals surface area contributed by atoms with Crippen LogP contribution in [0.5, 0.6) is 11.5 Å². The van der Waals surface area contributed by atoms with Crippen molar-refractivity contribution < 1.29 is 24.2 Å². The number of carbonyl (C=O) groups excluding carboxylic acids is 1. The third kappa shape index (κ3) is 2.84. The maximum Gasteiger partial charge on any atom is 0.299 e. The van der Waals surface area contributed by atoms with Gasteiger partial charge in [0.25, 0.3) is 5.91 Å². The highest BCUT2D eigenvalue weighted by Crippen LogP contribution is 2.66. The lowest BCUT2D eigenvalue weighted by molar-refractivity contribution is -0.199. The molecule has 1 amide bonds. The molecular formula is C28H30N2O5.